The highest BCUT2D eigenvalue weighted by Gasteiger charge is 2.29. The van der Waals surface area contributed by atoms with Gasteiger partial charge < -0.3 is 10.4 Å². The molecule has 0 radical (unpaired) electrons. The molecule has 106 valence electrons. The van der Waals surface area contributed by atoms with Crippen LogP contribution < -0.4 is 5.32 Å². The lowest BCUT2D eigenvalue weighted by atomic mass is 10.0. The Hall–Kier alpha value is -1.56. The van der Waals surface area contributed by atoms with Crippen molar-refractivity contribution in [1.82, 2.24) is 5.32 Å². The fourth-order valence-electron chi connectivity index (χ4n) is 1.77. The van der Waals surface area contributed by atoms with Gasteiger partial charge in [0.25, 0.3) is 0 Å². The molecule has 0 fully saturated rings. The molecule has 0 bridgehead atoms. The van der Waals surface area contributed by atoms with Crippen LogP contribution in [0, 0.1) is 0 Å². The molecule has 0 saturated heterocycles. The van der Waals surface area contributed by atoms with Crippen LogP contribution >= 0.6 is 0 Å². The minimum absolute atomic E-state index is 0.133. The second-order valence-electron chi connectivity index (χ2n) is 4.44. The number of carboxylic acids is 1. The lowest BCUT2D eigenvalue weighted by molar-refractivity contribution is -0.139. The molecule has 1 unspecified atom stereocenters. The van der Waals surface area contributed by atoms with E-state index in [0.29, 0.717) is 11.1 Å². The minimum atomic E-state index is -4.20. The fourth-order valence-corrected chi connectivity index (χ4v) is 1.77. The number of carboxylic acid groups (broad SMARTS) is 1. The van der Waals surface area contributed by atoms with E-state index in [4.69, 9.17) is 5.11 Å². The Morgan fingerprint density at radius 1 is 1.32 bits per heavy atom. The molecule has 0 aliphatic carbocycles. The van der Waals surface area contributed by atoms with E-state index in [-0.39, 0.29) is 13.0 Å². The second kappa shape index (κ2) is 6.56. The summed E-state index contributed by atoms with van der Waals surface area (Å²) in [5, 5.41) is 11.5. The molecule has 2 N–H and O–H groups in total. The van der Waals surface area contributed by atoms with Crippen molar-refractivity contribution in [3.63, 3.8) is 0 Å². The van der Waals surface area contributed by atoms with E-state index in [2.05, 4.69) is 5.32 Å². The first-order chi connectivity index (χ1) is 8.78. The van der Waals surface area contributed by atoms with Crippen molar-refractivity contribution >= 4 is 5.97 Å². The van der Waals surface area contributed by atoms with Crippen LogP contribution in [0.2, 0.25) is 0 Å². The van der Waals surface area contributed by atoms with Gasteiger partial charge in [0.05, 0.1) is 12.8 Å². The summed E-state index contributed by atoms with van der Waals surface area (Å²) < 4.78 is 36.5. The number of nitrogens with one attached hydrogen (secondary N) is 1. The van der Waals surface area contributed by atoms with Gasteiger partial charge in [-0.25, -0.2) is 0 Å². The summed E-state index contributed by atoms with van der Waals surface area (Å²) in [5.74, 6) is -0.962. The molecule has 0 aromatic heterocycles. The van der Waals surface area contributed by atoms with Crippen LogP contribution in [-0.4, -0.2) is 23.3 Å². The van der Waals surface area contributed by atoms with Crippen molar-refractivity contribution in [3.8, 4) is 0 Å². The lowest BCUT2D eigenvalue weighted by Gasteiger charge is -2.17. The van der Waals surface area contributed by atoms with Gasteiger partial charge in [0.2, 0.25) is 0 Å². The molecule has 0 aliphatic heterocycles. The summed E-state index contributed by atoms with van der Waals surface area (Å²) in [6.45, 7) is 1.67. The predicted molar refractivity (Wildman–Crippen MR) is 64.8 cm³/mol. The van der Waals surface area contributed by atoms with Crippen molar-refractivity contribution in [1.29, 1.82) is 0 Å². The van der Waals surface area contributed by atoms with E-state index in [1.807, 2.05) is 0 Å². The molecule has 1 rings (SSSR count). The Morgan fingerprint density at radius 3 is 2.42 bits per heavy atom. The number of hydrogen-bond donors (Lipinski definition) is 2. The number of aliphatic carboxylic acids is 1. The van der Waals surface area contributed by atoms with Crippen LogP contribution in [0.1, 0.15) is 24.5 Å². The number of hydrogen-bond acceptors (Lipinski definition) is 2. The first-order valence-electron chi connectivity index (χ1n) is 5.86. The van der Waals surface area contributed by atoms with E-state index in [1.54, 1.807) is 24.3 Å². The standard InChI is InChI=1S/C13H16F3NO2/c1-9(7-13(14,15)16)17-8-11-5-3-2-4-10(11)6-12(18)19/h2-5,9,17H,6-8H2,1H3,(H,18,19). The zero-order valence-corrected chi connectivity index (χ0v) is 10.5. The minimum Gasteiger partial charge on any atom is -0.481 e. The number of halogens is 3. The molecule has 0 saturated carbocycles. The van der Waals surface area contributed by atoms with Gasteiger partial charge in [-0.15, -0.1) is 0 Å². The first kappa shape index (κ1) is 15.5. The van der Waals surface area contributed by atoms with Crippen LogP contribution in [0.15, 0.2) is 24.3 Å². The number of benzene rings is 1. The summed E-state index contributed by atoms with van der Waals surface area (Å²) >= 11 is 0. The zero-order valence-electron chi connectivity index (χ0n) is 10.5. The number of alkyl halides is 3. The SMILES string of the molecule is CC(CC(F)(F)F)NCc1ccccc1CC(=O)O. The molecule has 0 heterocycles. The van der Waals surface area contributed by atoms with Crippen molar-refractivity contribution < 1.29 is 23.1 Å². The maximum atomic E-state index is 12.2. The van der Waals surface area contributed by atoms with Crippen LogP contribution in [0.3, 0.4) is 0 Å². The van der Waals surface area contributed by atoms with Crippen molar-refractivity contribution in [3.05, 3.63) is 35.4 Å². The third-order valence-corrected chi connectivity index (χ3v) is 2.64. The maximum Gasteiger partial charge on any atom is 0.390 e. The highest BCUT2D eigenvalue weighted by molar-refractivity contribution is 5.70. The Morgan fingerprint density at radius 2 is 1.89 bits per heavy atom. The normalized spacial score (nSPS) is 13.3. The van der Waals surface area contributed by atoms with Gasteiger partial charge in [0, 0.05) is 12.6 Å². The molecule has 0 spiro atoms. The molecule has 1 aromatic rings. The molecule has 6 heteroatoms. The molecular weight excluding hydrogens is 259 g/mol. The zero-order chi connectivity index (χ0) is 14.5. The van der Waals surface area contributed by atoms with E-state index in [1.165, 1.54) is 6.92 Å². The maximum absolute atomic E-state index is 12.2. The van der Waals surface area contributed by atoms with E-state index >= 15 is 0 Å². The van der Waals surface area contributed by atoms with Crippen molar-refractivity contribution in [2.75, 3.05) is 0 Å². The Kier molecular flexibility index (Phi) is 5.35. The summed E-state index contributed by atoms with van der Waals surface area (Å²) in [6, 6.07) is 6.11. The van der Waals surface area contributed by atoms with Gasteiger partial charge >= 0.3 is 12.1 Å². The largest absolute Gasteiger partial charge is 0.481 e. The van der Waals surface area contributed by atoms with Gasteiger partial charge in [-0.1, -0.05) is 24.3 Å². The fraction of sp³-hybridized carbons (Fsp3) is 0.462. The topological polar surface area (TPSA) is 49.3 Å². The summed E-state index contributed by atoms with van der Waals surface area (Å²) in [6.07, 6.45) is -5.24. The van der Waals surface area contributed by atoms with Gasteiger partial charge in [-0.3, -0.25) is 4.79 Å². The van der Waals surface area contributed by atoms with E-state index in [0.717, 1.165) is 0 Å². The van der Waals surface area contributed by atoms with Gasteiger partial charge in [-0.05, 0) is 18.1 Å². The number of carbonyl (C=O) groups is 1. The molecule has 3 nitrogen and oxygen atoms in total. The summed E-state index contributed by atoms with van der Waals surface area (Å²) in [5.41, 5.74) is 1.32. The predicted octanol–water partition coefficient (Wildman–Crippen LogP) is 2.74. The summed E-state index contributed by atoms with van der Waals surface area (Å²) in [7, 11) is 0. The van der Waals surface area contributed by atoms with Gasteiger partial charge in [0.1, 0.15) is 0 Å². The van der Waals surface area contributed by atoms with Gasteiger partial charge in [0.15, 0.2) is 0 Å². The van der Waals surface area contributed by atoms with Crippen LogP contribution in [0.5, 0.6) is 0 Å². The average molecular weight is 275 g/mol. The van der Waals surface area contributed by atoms with Crippen LogP contribution in [0.25, 0.3) is 0 Å². The third kappa shape index (κ3) is 6.24. The van der Waals surface area contributed by atoms with E-state index < -0.39 is 24.6 Å². The lowest BCUT2D eigenvalue weighted by Crippen LogP contribution is -2.31. The Bertz CT molecular complexity index is 432. The van der Waals surface area contributed by atoms with E-state index in [9.17, 15) is 18.0 Å². The third-order valence-electron chi connectivity index (χ3n) is 2.64. The van der Waals surface area contributed by atoms with Crippen LogP contribution in [0.4, 0.5) is 13.2 Å². The number of rotatable bonds is 6. The second-order valence-corrected chi connectivity index (χ2v) is 4.44. The molecule has 19 heavy (non-hydrogen) atoms. The van der Waals surface area contributed by atoms with Crippen molar-refractivity contribution in [2.45, 2.75) is 38.5 Å². The highest BCUT2D eigenvalue weighted by Crippen LogP contribution is 2.21. The van der Waals surface area contributed by atoms with Gasteiger partial charge in [-0.2, -0.15) is 13.2 Å². The monoisotopic (exact) mass is 275 g/mol. The highest BCUT2D eigenvalue weighted by atomic mass is 19.4. The Labute approximate surface area is 109 Å². The first-order valence-corrected chi connectivity index (χ1v) is 5.86. The molecule has 1 aromatic carbocycles. The molecule has 1 atom stereocenters. The van der Waals surface area contributed by atoms with Crippen LogP contribution in [-0.2, 0) is 17.8 Å². The Balaban J connectivity index is 2.60. The van der Waals surface area contributed by atoms with Crippen molar-refractivity contribution in [2.24, 2.45) is 0 Å². The summed E-state index contributed by atoms with van der Waals surface area (Å²) in [4.78, 5) is 10.7. The average Bonchev–Trinajstić information content (AvgIpc) is 2.24. The molecule has 0 amide bonds. The molecular formula is C13H16F3NO2. The quantitative estimate of drug-likeness (QED) is 0.839. The molecule has 0 aliphatic rings. The smallest absolute Gasteiger partial charge is 0.390 e.